The van der Waals surface area contributed by atoms with E-state index in [1.165, 1.54) is 11.8 Å². The van der Waals surface area contributed by atoms with Crippen LogP contribution in [0.3, 0.4) is 0 Å². The standard InChI is InChI=1S/C14H15N3OS2/c1-8-3-4-10(9(2)5-8)12-11(6-18)13(20-7-19)17-14(15)16-12/h3-6,19H,7H2,1-2H3,(H2,15,16,17). The number of thioether (sulfide) groups is 1. The van der Waals surface area contributed by atoms with Gasteiger partial charge in [-0.1, -0.05) is 35.5 Å². The van der Waals surface area contributed by atoms with Gasteiger partial charge < -0.3 is 5.73 Å². The van der Waals surface area contributed by atoms with Crippen molar-refractivity contribution >= 4 is 36.6 Å². The van der Waals surface area contributed by atoms with E-state index < -0.39 is 0 Å². The molecule has 0 saturated heterocycles. The summed E-state index contributed by atoms with van der Waals surface area (Å²) in [5.74, 6) is 0.162. The summed E-state index contributed by atoms with van der Waals surface area (Å²) in [7, 11) is 0. The molecule has 0 spiro atoms. The van der Waals surface area contributed by atoms with E-state index in [1.807, 2.05) is 32.0 Å². The van der Waals surface area contributed by atoms with E-state index in [2.05, 4.69) is 22.6 Å². The van der Waals surface area contributed by atoms with Gasteiger partial charge in [-0.15, -0.1) is 0 Å². The van der Waals surface area contributed by atoms with Crippen LogP contribution in [0.4, 0.5) is 5.95 Å². The number of aromatic nitrogens is 2. The van der Waals surface area contributed by atoms with Crippen LogP contribution >= 0.6 is 24.4 Å². The highest BCUT2D eigenvalue weighted by molar-refractivity contribution is 8.09. The Hall–Kier alpha value is -1.53. The summed E-state index contributed by atoms with van der Waals surface area (Å²) in [6.45, 7) is 4.01. The summed E-state index contributed by atoms with van der Waals surface area (Å²) < 4.78 is 0. The fourth-order valence-electron chi connectivity index (χ4n) is 2.03. The lowest BCUT2D eigenvalue weighted by Gasteiger charge is -2.11. The van der Waals surface area contributed by atoms with E-state index >= 15 is 0 Å². The van der Waals surface area contributed by atoms with Crippen LogP contribution in [0.5, 0.6) is 0 Å². The Labute approximate surface area is 127 Å². The second-order valence-electron chi connectivity index (χ2n) is 4.36. The van der Waals surface area contributed by atoms with Crippen molar-refractivity contribution in [2.24, 2.45) is 0 Å². The van der Waals surface area contributed by atoms with E-state index in [4.69, 9.17) is 5.73 Å². The number of benzene rings is 1. The van der Waals surface area contributed by atoms with Gasteiger partial charge in [0.1, 0.15) is 5.03 Å². The summed E-state index contributed by atoms with van der Waals surface area (Å²) >= 11 is 5.51. The molecule has 1 aromatic carbocycles. The number of hydrogen-bond donors (Lipinski definition) is 2. The Morgan fingerprint density at radius 1 is 1.35 bits per heavy atom. The van der Waals surface area contributed by atoms with Crippen molar-refractivity contribution in [3.8, 4) is 11.3 Å². The molecule has 0 saturated carbocycles. The molecule has 0 aliphatic carbocycles. The number of carbonyl (C=O) groups excluding carboxylic acids is 1. The Morgan fingerprint density at radius 3 is 2.70 bits per heavy atom. The van der Waals surface area contributed by atoms with Crippen molar-refractivity contribution in [3.05, 3.63) is 34.9 Å². The van der Waals surface area contributed by atoms with Gasteiger partial charge in [-0.05, 0) is 19.4 Å². The van der Waals surface area contributed by atoms with Gasteiger partial charge in [0.2, 0.25) is 5.95 Å². The van der Waals surface area contributed by atoms with Crippen molar-refractivity contribution in [3.63, 3.8) is 0 Å². The molecular formula is C14H15N3OS2. The van der Waals surface area contributed by atoms with Gasteiger partial charge in [-0.2, -0.15) is 12.6 Å². The number of carbonyl (C=O) groups is 1. The average Bonchev–Trinajstić information content (AvgIpc) is 2.38. The SMILES string of the molecule is Cc1ccc(-c2nc(N)nc(SCS)c2C=O)c(C)c1. The van der Waals surface area contributed by atoms with Crippen LogP contribution in [0.25, 0.3) is 11.3 Å². The van der Waals surface area contributed by atoms with Crippen LogP contribution in [0.15, 0.2) is 23.2 Å². The largest absolute Gasteiger partial charge is 0.368 e. The molecule has 1 aromatic heterocycles. The van der Waals surface area contributed by atoms with Crippen molar-refractivity contribution in [1.29, 1.82) is 0 Å². The molecule has 0 aliphatic rings. The van der Waals surface area contributed by atoms with Crippen LogP contribution in [-0.4, -0.2) is 21.3 Å². The summed E-state index contributed by atoms with van der Waals surface area (Å²) in [6, 6.07) is 5.99. The third-order valence-electron chi connectivity index (χ3n) is 2.88. The number of nitrogens with two attached hydrogens (primary N) is 1. The van der Waals surface area contributed by atoms with E-state index in [0.717, 1.165) is 23.0 Å². The van der Waals surface area contributed by atoms with E-state index in [9.17, 15) is 4.79 Å². The first-order chi connectivity index (χ1) is 9.56. The Bertz CT molecular complexity index is 659. The van der Waals surface area contributed by atoms with Crippen LogP contribution in [0.1, 0.15) is 21.5 Å². The Balaban J connectivity index is 2.69. The minimum atomic E-state index is 0.162. The highest BCUT2D eigenvalue weighted by Gasteiger charge is 2.16. The van der Waals surface area contributed by atoms with Crippen LogP contribution in [-0.2, 0) is 0 Å². The second-order valence-corrected chi connectivity index (χ2v) is 6.07. The minimum absolute atomic E-state index is 0.162. The number of nitrogen functional groups attached to an aromatic ring is 1. The molecule has 1 heterocycles. The smallest absolute Gasteiger partial charge is 0.221 e. The van der Waals surface area contributed by atoms with Gasteiger partial charge in [0.25, 0.3) is 0 Å². The molecule has 104 valence electrons. The number of aldehydes is 1. The van der Waals surface area contributed by atoms with Gasteiger partial charge in [-0.25, -0.2) is 9.97 Å². The maximum absolute atomic E-state index is 11.4. The third-order valence-corrected chi connectivity index (χ3v) is 3.99. The van der Waals surface area contributed by atoms with Gasteiger partial charge in [0, 0.05) is 10.6 Å². The molecule has 6 heteroatoms. The highest BCUT2D eigenvalue weighted by atomic mass is 32.2. The number of thiol groups is 1. The van der Waals surface area contributed by atoms with Crippen molar-refractivity contribution in [2.45, 2.75) is 18.9 Å². The van der Waals surface area contributed by atoms with Crippen molar-refractivity contribution in [2.75, 3.05) is 10.8 Å². The first-order valence-electron chi connectivity index (χ1n) is 6.00. The van der Waals surface area contributed by atoms with Gasteiger partial charge in [0.15, 0.2) is 6.29 Å². The first kappa shape index (κ1) is 14.9. The average molecular weight is 305 g/mol. The third kappa shape index (κ3) is 2.96. The molecule has 2 aromatic rings. The Kier molecular flexibility index (Phi) is 4.67. The van der Waals surface area contributed by atoms with E-state index in [0.29, 0.717) is 21.4 Å². The minimum Gasteiger partial charge on any atom is -0.368 e. The quantitative estimate of drug-likeness (QED) is 0.299. The lowest BCUT2D eigenvalue weighted by Crippen LogP contribution is -2.04. The Morgan fingerprint density at radius 2 is 2.10 bits per heavy atom. The summed E-state index contributed by atoms with van der Waals surface area (Å²) in [5, 5.41) is 1.08. The van der Waals surface area contributed by atoms with E-state index in [-0.39, 0.29) is 5.95 Å². The number of rotatable bonds is 4. The predicted octanol–water partition coefficient (Wildman–Crippen LogP) is 3.13. The van der Waals surface area contributed by atoms with Gasteiger partial charge in [-0.3, -0.25) is 4.79 Å². The first-order valence-corrected chi connectivity index (χ1v) is 7.62. The number of hydrogen-bond acceptors (Lipinski definition) is 6. The zero-order chi connectivity index (χ0) is 14.7. The van der Waals surface area contributed by atoms with Gasteiger partial charge >= 0.3 is 0 Å². The molecule has 4 nitrogen and oxygen atoms in total. The number of aryl methyl sites for hydroxylation is 2. The highest BCUT2D eigenvalue weighted by Crippen LogP contribution is 2.31. The van der Waals surface area contributed by atoms with Crippen LogP contribution < -0.4 is 5.73 Å². The topological polar surface area (TPSA) is 68.9 Å². The van der Waals surface area contributed by atoms with Crippen molar-refractivity contribution in [1.82, 2.24) is 9.97 Å². The number of anilines is 1. The molecule has 0 unspecified atom stereocenters. The molecule has 0 radical (unpaired) electrons. The van der Waals surface area contributed by atoms with Crippen LogP contribution in [0, 0.1) is 13.8 Å². The van der Waals surface area contributed by atoms with Crippen molar-refractivity contribution < 1.29 is 4.79 Å². The molecule has 2 rings (SSSR count). The molecular weight excluding hydrogens is 290 g/mol. The lowest BCUT2D eigenvalue weighted by molar-refractivity contribution is 0.112. The molecule has 2 N–H and O–H groups in total. The summed E-state index contributed by atoms with van der Waals surface area (Å²) in [6.07, 6.45) is 0.778. The fourth-order valence-corrected chi connectivity index (χ4v) is 2.97. The van der Waals surface area contributed by atoms with Crippen LogP contribution in [0.2, 0.25) is 0 Å². The molecule has 0 aliphatic heterocycles. The number of nitrogens with zero attached hydrogens (tertiary/aromatic N) is 2. The van der Waals surface area contributed by atoms with Gasteiger partial charge in [0.05, 0.1) is 11.3 Å². The molecule has 0 bridgehead atoms. The maximum atomic E-state index is 11.4. The summed E-state index contributed by atoms with van der Waals surface area (Å²) in [4.78, 5) is 19.8. The maximum Gasteiger partial charge on any atom is 0.221 e. The van der Waals surface area contributed by atoms with E-state index in [1.54, 1.807) is 0 Å². The monoisotopic (exact) mass is 305 g/mol. The zero-order valence-electron chi connectivity index (χ0n) is 11.3. The molecule has 0 amide bonds. The predicted molar refractivity (Wildman–Crippen MR) is 86.5 cm³/mol. The zero-order valence-corrected chi connectivity index (χ0v) is 13.0. The summed E-state index contributed by atoms with van der Waals surface area (Å²) in [5.41, 5.74) is 9.90. The second kappa shape index (κ2) is 6.28. The fraction of sp³-hybridized carbons (Fsp3) is 0.214. The lowest BCUT2D eigenvalue weighted by atomic mass is 10.0. The molecule has 20 heavy (non-hydrogen) atoms. The molecule has 0 atom stereocenters. The molecule has 0 fully saturated rings. The normalized spacial score (nSPS) is 10.6.